The molecule has 1 unspecified atom stereocenters. The minimum atomic E-state index is -0.339. The fourth-order valence-corrected chi connectivity index (χ4v) is 2.91. The lowest BCUT2D eigenvalue weighted by molar-refractivity contribution is 0.245. The smallest absolute Gasteiger partial charge is 0.141 e. The van der Waals surface area contributed by atoms with E-state index < -0.39 is 0 Å². The van der Waals surface area contributed by atoms with Gasteiger partial charge in [-0.3, -0.25) is 4.90 Å². The first kappa shape index (κ1) is 14.8. The van der Waals surface area contributed by atoms with Crippen molar-refractivity contribution >= 4 is 11.6 Å². The molecule has 1 aromatic carbocycles. The molecule has 1 fully saturated rings. The molecule has 4 heteroatoms. The first-order chi connectivity index (χ1) is 9.06. The summed E-state index contributed by atoms with van der Waals surface area (Å²) < 4.78 is 13.1. The Labute approximate surface area is 120 Å². The van der Waals surface area contributed by atoms with Gasteiger partial charge in [0, 0.05) is 12.6 Å². The summed E-state index contributed by atoms with van der Waals surface area (Å²) in [5.74, 6) is -0.339. The number of nitrogens with zero attached hydrogens (tertiary/aromatic N) is 2. The third kappa shape index (κ3) is 4.16. The lowest BCUT2D eigenvalue weighted by atomic mass is 10.1. The quantitative estimate of drug-likeness (QED) is 0.839. The highest BCUT2D eigenvalue weighted by molar-refractivity contribution is 6.30. The van der Waals surface area contributed by atoms with Crippen molar-refractivity contribution in [3.05, 3.63) is 34.6 Å². The molecular weight excluding hydrogens is 263 g/mol. The van der Waals surface area contributed by atoms with Gasteiger partial charge in [0.05, 0.1) is 5.02 Å². The van der Waals surface area contributed by atoms with Crippen LogP contribution < -0.4 is 0 Å². The van der Waals surface area contributed by atoms with E-state index in [0.717, 1.165) is 25.2 Å². The Morgan fingerprint density at radius 2 is 2.11 bits per heavy atom. The second-order valence-electron chi connectivity index (χ2n) is 5.57. The van der Waals surface area contributed by atoms with Crippen molar-refractivity contribution in [2.45, 2.75) is 31.8 Å². The van der Waals surface area contributed by atoms with Gasteiger partial charge in [0.2, 0.25) is 0 Å². The Bertz CT molecular complexity index is 423. The molecule has 2 nitrogen and oxygen atoms in total. The summed E-state index contributed by atoms with van der Waals surface area (Å²) in [6, 6.07) is 5.71. The second-order valence-corrected chi connectivity index (χ2v) is 5.98. The van der Waals surface area contributed by atoms with Crippen LogP contribution in [0.4, 0.5) is 4.39 Å². The summed E-state index contributed by atoms with van der Waals surface area (Å²) in [5, 5.41) is 0.221. The Morgan fingerprint density at radius 1 is 1.32 bits per heavy atom. The molecule has 1 saturated heterocycles. The third-order valence-electron chi connectivity index (χ3n) is 3.91. The zero-order valence-corrected chi connectivity index (χ0v) is 12.5. The van der Waals surface area contributed by atoms with E-state index in [1.54, 1.807) is 6.07 Å². The van der Waals surface area contributed by atoms with Gasteiger partial charge in [-0.05, 0) is 64.1 Å². The van der Waals surface area contributed by atoms with E-state index in [1.165, 1.54) is 25.3 Å². The fourth-order valence-electron chi connectivity index (χ4n) is 2.71. The molecule has 2 rings (SSSR count). The largest absolute Gasteiger partial charge is 0.306 e. The Balaban J connectivity index is 1.94. The van der Waals surface area contributed by atoms with Crippen LogP contribution in [0.1, 0.15) is 24.8 Å². The van der Waals surface area contributed by atoms with E-state index in [1.807, 2.05) is 6.07 Å². The molecule has 1 heterocycles. The van der Waals surface area contributed by atoms with Crippen molar-refractivity contribution in [2.24, 2.45) is 0 Å². The molecule has 0 aliphatic carbocycles. The standard InChI is InChI=1S/C15H22ClFN2/c1-18(2)13-4-3-8-19(9-7-13)11-12-5-6-15(17)14(16)10-12/h5-6,10,13H,3-4,7-9,11H2,1-2H3. The normalized spacial score (nSPS) is 21.6. The highest BCUT2D eigenvalue weighted by Crippen LogP contribution is 2.20. The zero-order valence-electron chi connectivity index (χ0n) is 11.7. The van der Waals surface area contributed by atoms with Crippen LogP contribution in [0.25, 0.3) is 0 Å². The van der Waals surface area contributed by atoms with E-state index in [0.29, 0.717) is 6.04 Å². The summed E-state index contributed by atoms with van der Waals surface area (Å²) in [6.45, 7) is 3.07. The predicted molar refractivity (Wildman–Crippen MR) is 78.0 cm³/mol. The van der Waals surface area contributed by atoms with Crippen molar-refractivity contribution < 1.29 is 4.39 Å². The molecule has 1 aliphatic heterocycles. The van der Waals surface area contributed by atoms with Gasteiger partial charge in [-0.15, -0.1) is 0 Å². The Morgan fingerprint density at radius 3 is 2.79 bits per heavy atom. The topological polar surface area (TPSA) is 6.48 Å². The molecule has 1 aromatic rings. The van der Waals surface area contributed by atoms with E-state index in [-0.39, 0.29) is 10.8 Å². The average Bonchev–Trinajstić information content (AvgIpc) is 2.59. The molecule has 1 atom stereocenters. The zero-order chi connectivity index (χ0) is 13.8. The first-order valence-electron chi connectivity index (χ1n) is 6.89. The van der Waals surface area contributed by atoms with Gasteiger partial charge in [-0.1, -0.05) is 17.7 Å². The number of hydrogen-bond acceptors (Lipinski definition) is 2. The van der Waals surface area contributed by atoms with Crippen LogP contribution in [-0.2, 0) is 6.54 Å². The highest BCUT2D eigenvalue weighted by Gasteiger charge is 2.18. The molecule has 0 spiro atoms. The Kier molecular flexibility index (Phi) is 5.20. The fraction of sp³-hybridized carbons (Fsp3) is 0.600. The van der Waals surface area contributed by atoms with Crippen LogP contribution in [0.15, 0.2) is 18.2 Å². The van der Waals surface area contributed by atoms with Crippen molar-refractivity contribution in [1.82, 2.24) is 9.80 Å². The molecular formula is C15H22ClFN2. The molecule has 0 radical (unpaired) electrons. The number of likely N-dealkylation sites (tertiary alicyclic amines) is 1. The minimum absolute atomic E-state index is 0.221. The van der Waals surface area contributed by atoms with Crippen LogP contribution >= 0.6 is 11.6 Å². The highest BCUT2D eigenvalue weighted by atomic mass is 35.5. The maximum Gasteiger partial charge on any atom is 0.141 e. The monoisotopic (exact) mass is 284 g/mol. The van der Waals surface area contributed by atoms with Gasteiger partial charge in [-0.25, -0.2) is 4.39 Å². The summed E-state index contributed by atoms with van der Waals surface area (Å²) in [7, 11) is 4.31. The van der Waals surface area contributed by atoms with E-state index >= 15 is 0 Å². The van der Waals surface area contributed by atoms with Crippen LogP contribution in [-0.4, -0.2) is 43.0 Å². The average molecular weight is 285 g/mol. The number of rotatable bonds is 3. The Hall–Kier alpha value is -0.640. The summed E-state index contributed by atoms with van der Waals surface area (Å²) in [6.07, 6.45) is 3.67. The lowest BCUT2D eigenvalue weighted by Gasteiger charge is -2.23. The van der Waals surface area contributed by atoms with E-state index in [4.69, 9.17) is 11.6 Å². The molecule has 0 amide bonds. The third-order valence-corrected chi connectivity index (χ3v) is 4.20. The maximum absolute atomic E-state index is 13.1. The van der Waals surface area contributed by atoms with Gasteiger partial charge in [-0.2, -0.15) is 0 Å². The molecule has 106 valence electrons. The van der Waals surface area contributed by atoms with Gasteiger partial charge >= 0.3 is 0 Å². The molecule has 1 aliphatic rings. The number of benzene rings is 1. The van der Waals surface area contributed by atoms with Gasteiger partial charge in [0.1, 0.15) is 5.82 Å². The molecule has 0 bridgehead atoms. The van der Waals surface area contributed by atoms with Gasteiger partial charge in [0.15, 0.2) is 0 Å². The molecule has 0 saturated carbocycles. The molecule has 0 aromatic heterocycles. The number of hydrogen-bond donors (Lipinski definition) is 0. The van der Waals surface area contributed by atoms with E-state index in [9.17, 15) is 4.39 Å². The number of halogens is 2. The minimum Gasteiger partial charge on any atom is -0.306 e. The van der Waals surface area contributed by atoms with Crippen LogP contribution in [0.3, 0.4) is 0 Å². The lowest BCUT2D eigenvalue weighted by Crippen LogP contribution is -2.29. The maximum atomic E-state index is 13.1. The van der Waals surface area contributed by atoms with Gasteiger partial charge < -0.3 is 4.90 Å². The van der Waals surface area contributed by atoms with Crippen LogP contribution in [0, 0.1) is 5.82 Å². The molecule has 0 N–H and O–H groups in total. The first-order valence-corrected chi connectivity index (χ1v) is 7.27. The van der Waals surface area contributed by atoms with Crippen LogP contribution in [0.2, 0.25) is 5.02 Å². The summed E-state index contributed by atoms with van der Waals surface area (Å²) >= 11 is 5.83. The van der Waals surface area contributed by atoms with E-state index in [2.05, 4.69) is 23.9 Å². The van der Waals surface area contributed by atoms with Gasteiger partial charge in [0.25, 0.3) is 0 Å². The molecule has 19 heavy (non-hydrogen) atoms. The van der Waals surface area contributed by atoms with Crippen LogP contribution in [0.5, 0.6) is 0 Å². The summed E-state index contributed by atoms with van der Waals surface area (Å²) in [5.41, 5.74) is 1.09. The SMILES string of the molecule is CN(C)C1CCCN(Cc2ccc(F)c(Cl)c2)CC1. The van der Waals surface area contributed by atoms with Crippen molar-refractivity contribution in [3.8, 4) is 0 Å². The van der Waals surface area contributed by atoms with Crippen molar-refractivity contribution in [3.63, 3.8) is 0 Å². The predicted octanol–water partition coefficient (Wildman–Crippen LogP) is 3.40. The van der Waals surface area contributed by atoms with Crippen molar-refractivity contribution in [1.29, 1.82) is 0 Å². The second kappa shape index (κ2) is 6.69. The van der Waals surface area contributed by atoms with Crippen molar-refractivity contribution in [2.75, 3.05) is 27.2 Å². The summed E-state index contributed by atoms with van der Waals surface area (Å²) in [4.78, 5) is 4.76.